The van der Waals surface area contributed by atoms with Gasteiger partial charge in [-0.3, -0.25) is 4.79 Å². The zero-order valence-corrected chi connectivity index (χ0v) is 9.71. The quantitative estimate of drug-likeness (QED) is 0.885. The molecule has 0 radical (unpaired) electrons. The molecule has 16 heavy (non-hydrogen) atoms. The van der Waals surface area contributed by atoms with Gasteiger partial charge in [0.15, 0.2) is 5.76 Å². The minimum atomic E-state index is -0.210. The van der Waals surface area contributed by atoms with Gasteiger partial charge in [-0.2, -0.15) is 0 Å². The van der Waals surface area contributed by atoms with E-state index < -0.39 is 0 Å². The number of aromatic nitrogens is 1. The molecule has 0 aliphatic heterocycles. The number of rotatable bonds is 4. The smallest absolute Gasteiger partial charge is 0.287 e. The van der Waals surface area contributed by atoms with E-state index in [2.05, 4.69) is 17.2 Å². The minimum Gasteiger partial charge on any atom is -0.459 e. The lowest BCUT2D eigenvalue weighted by atomic mass is 10.4. The fourth-order valence-electron chi connectivity index (χ4n) is 1.24. The Morgan fingerprint density at radius 1 is 1.62 bits per heavy atom. The average Bonchev–Trinajstić information content (AvgIpc) is 2.96. The van der Waals surface area contributed by atoms with Gasteiger partial charge in [0.1, 0.15) is 5.01 Å². The van der Waals surface area contributed by atoms with E-state index in [-0.39, 0.29) is 5.91 Å². The van der Waals surface area contributed by atoms with Crippen molar-refractivity contribution in [1.29, 1.82) is 0 Å². The van der Waals surface area contributed by atoms with Crippen LogP contribution in [-0.2, 0) is 13.0 Å². The second-order valence-corrected chi connectivity index (χ2v) is 4.43. The van der Waals surface area contributed by atoms with Gasteiger partial charge < -0.3 is 9.73 Å². The van der Waals surface area contributed by atoms with Crippen molar-refractivity contribution in [3.05, 3.63) is 40.2 Å². The molecule has 0 bridgehead atoms. The molecule has 1 amide bonds. The molecular formula is C11H12N2O2S. The van der Waals surface area contributed by atoms with Crippen LogP contribution < -0.4 is 5.32 Å². The van der Waals surface area contributed by atoms with E-state index in [1.54, 1.807) is 23.5 Å². The van der Waals surface area contributed by atoms with Crippen LogP contribution in [0, 0.1) is 0 Å². The van der Waals surface area contributed by atoms with Gasteiger partial charge in [-0.1, -0.05) is 6.92 Å². The summed E-state index contributed by atoms with van der Waals surface area (Å²) in [4.78, 5) is 17.0. The maximum absolute atomic E-state index is 11.5. The van der Waals surface area contributed by atoms with Crippen LogP contribution in [0.4, 0.5) is 0 Å². The second-order valence-electron chi connectivity index (χ2n) is 3.23. The second kappa shape index (κ2) is 4.94. The van der Waals surface area contributed by atoms with Gasteiger partial charge >= 0.3 is 0 Å². The fourth-order valence-corrected chi connectivity index (χ4v) is 2.05. The summed E-state index contributed by atoms with van der Waals surface area (Å²) in [6, 6.07) is 3.32. The third-order valence-electron chi connectivity index (χ3n) is 2.10. The van der Waals surface area contributed by atoms with Crippen LogP contribution in [0.2, 0.25) is 0 Å². The number of thiazole rings is 1. The van der Waals surface area contributed by atoms with Gasteiger partial charge in [-0.05, 0) is 18.6 Å². The lowest BCUT2D eigenvalue weighted by molar-refractivity contribution is 0.0923. The Balaban J connectivity index is 1.90. The first kappa shape index (κ1) is 10.9. The van der Waals surface area contributed by atoms with E-state index in [9.17, 15) is 4.79 Å². The van der Waals surface area contributed by atoms with Crippen molar-refractivity contribution in [3.63, 3.8) is 0 Å². The number of nitrogens with one attached hydrogen (secondary N) is 1. The lowest BCUT2D eigenvalue weighted by Crippen LogP contribution is -2.22. The Morgan fingerprint density at radius 2 is 2.50 bits per heavy atom. The van der Waals surface area contributed by atoms with E-state index in [0.717, 1.165) is 11.4 Å². The SMILES string of the molecule is CCc1cnc(CNC(=O)c2ccco2)s1. The maximum Gasteiger partial charge on any atom is 0.287 e. The molecule has 4 nitrogen and oxygen atoms in total. The summed E-state index contributed by atoms with van der Waals surface area (Å²) < 4.78 is 4.98. The number of furan rings is 1. The highest BCUT2D eigenvalue weighted by atomic mass is 32.1. The Labute approximate surface area is 97.3 Å². The number of hydrogen-bond donors (Lipinski definition) is 1. The average molecular weight is 236 g/mol. The fraction of sp³-hybridized carbons (Fsp3) is 0.273. The molecule has 1 N–H and O–H groups in total. The summed E-state index contributed by atoms with van der Waals surface area (Å²) in [5.41, 5.74) is 0. The molecule has 0 aliphatic carbocycles. The molecule has 2 aromatic heterocycles. The molecule has 2 rings (SSSR count). The molecule has 0 spiro atoms. The number of carbonyl (C=O) groups is 1. The Hall–Kier alpha value is -1.62. The molecule has 0 fully saturated rings. The van der Waals surface area contributed by atoms with Crippen molar-refractivity contribution < 1.29 is 9.21 Å². The number of hydrogen-bond acceptors (Lipinski definition) is 4. The van der Waals surface area contributed by atoms with E-state index in [0.29, 0.717) is 12.3 Å². The summed E-state index contributed by atoms with van der Waals surface area (Å²) in [5, 5.41) is 3.67. The first-order valence-electron chi connectivity index (χ1n) is 5.05. The molecule has 2 heterocycles. The molecule has 0 atom stereocenters. The lowest BCUT2D eigenvalue weighted by Gasteiger charge is -1.99. The summed E-state index contributed by atoms with van der Waals surface area (Å²) in [6.45, 7) is 2.53. The molecule has 0 aromatic carbocycles. The van der Waals surface area contributed by atoms with E-state index in [1.807, 2.05) is 6.20 Å². The zero-order valence-electron chi connectivity index (χ0n) is 8.90. The molecule has 2 aromatic rings. The molecular weight excluding hydrogens is 224 g/mol. The summed E-state index contributed by atoms with van der Waals surface area (Å²) in [7, 11) is 0. The largest absolute Gasteiger partial charge is 0.459 e. The van der Waals surface area contributed by atoms with Gasteiger partial charge in [0.25, 0.3) is 5.91 Å². The Morgan fingerprint density at radius 3 is 3.12 bits per heavy atom. The van der Waals surface area contributed by atoms with Gasteiger partial charge in [-0.15, -0.1) is 11.3 Å². The third-order valence-corrected chi connectivity index (χ3v) is 3.24. The van der Waals surface area contributed by atoms with E-state index in [1.165, 1.54) is 11.1 Å². The normalized spacial score (nSPS) is 10.3. The molecule has 0 unspecified atom stereocenters. The van der Waals surface area contributed by atoms with Crippen LogP contribution in [0.15, 0.2) is 29.0 Å². The van der Waals surface area contributed by atoms with Crippen LogP contribution in [0.25, 0.3) is 0 Å². The molecule has 0 saturated carbocycles. The summed E-state index contributed by atoms with van der Waals surface area (Å²) in [6.07, 6.45) is 4.30. The van der Waals surface area contributed by atoms with Gasteiger partial charge in [0.2, 0.25) is 0 Å². The number of aryl methyl sites for hydroxylation is 1. The highest BCUT2D eigenvalue weighted by molar-refractivity contribution is 7.11. The predicted octanol–water partition coefficient (Wildman–Crippen LogP) is 2.23. The molecule has 0 aliphatic rings. The van der Waals surface area contributed by atoms with Gasteiger partial charge in [-0.25, -0.2) is 4.98 Å². The van der Waals surface area contributed by atoms with Crippen LogP contribution in [-0.4, -0.2) is 10.9 Å². The number of nitrogens with zero attached hydrogens (tertiary/aromatic N) is 1. The first-order valence-corrected chi connectivity index (χ1v) is 5.86. The van der Waals surface area contributed by atoms with Crippen molar-refractivity contribution in [1.82, 2.24) is 10.3 Å². The van der Waals surface area contributed by atoms with Crippen LogP contribution in [0.3, 0.4) is 0 Å². The van der Waals surface area contributed by atoms with Crippen LogP contribution >= 0.6 is 11.3 Å². The first-order chi connectivity index (χ1) is 7.79. The van der Waals surface area contributed by atoms with Crippen molar-refractivity contribution >= 4 is 17.2 Å². The Kier molecular flexibility index (Phi) is 3.36. The van der Waals surface area contributed by atoms with Crippen molar-refractivity contribution in [3.8, 4) is 0 Å². The molecule has 0 saturated heterocycles. The number of amides is 1. The van der Waals surface area contributed by atoms with Gasteiger partial charge in [0, 0.05) is 11.1 Å². The summed E-state index contributed by atoms with van der Waals surface area (Å²) in [5.74, 6) is 0.116. The van der Waals surface area contributed by atoms with Crippen molar-refractivity contribution in [2.24, 2.45) is 0 Å². The highest BCUT2D eigenvalue weighted by Crippen LogP contribution is 2.13. The van der Waals surface area contributed by atoms with Crippen LogP contribution in [0.5, 0.6) is 0 Å². The van der Waals surface area contributed by atoms with E-state index >= 15 is 0 Å². The van der Waals surface area contributed by atoms with Gasteiger partial charge in [0.05, 0.1) is 12.8 Å². The summed E-state index contributed by atoms with van der Waals surface area (Å²) >= 11 is 1.62. The monoisotopic (exact) mass is 236 g/mol. The van der Waals surface area contributed by atoms with E-state index in [4.69, 9.17) is 4.42 Å². The minimum absolute atomic E-state index is 0.210. The Bertz CT molecular complexity index is 462. The van der Waals surface area contributed by atoms with Crippen molar-refractivity contribution in [2.75, 3.05) is 0 Å². The third kappa shape index (κ3) is 2.49. The zero-order chi connectivity index (χ0) is 11.4. The predicted molar refractivity (Wildman–Crippen MR) is 61.4 cm³/mol. The standard InChI is InChI=1S/C11H12N2O2S/c1-2-8-6-12-10(16-8)7-13-11(14)9-4-3-5-15-9/h3-6H,2,7H2,1H3,(H,13,14). The molecule has 84 valence electrons. The highest BCUT2D eigenvalue weighted by Gasteiger charge is 2.08. The number of carbonyl (C=O) groups excluding carboxylic acids is 1. The molecule has 5 heteroatoms. The topological polar surface area (TPSA) is 55.1 Å². The van der Waals surface area contributed by atoms with Crippen LogP contribution in [0.1, 0.15) is 27.4 Å². The van der Waals surface area contributed by atoms with Crippen molar-refractivity contribution in [2.45, 2.75) is 19.9 Å². The maximum atomic E-state index is 11.5.